The molecule has 1 unspecified atom stereocenters. The maximum atomic E-state index is 11.4. The molecule has 1 N–H and O–H groups in total. The third kappa shape index (κ3) is 6.53. The van der Waals surface area contributed by atoms with Crippen molar-refractivity contribution in [1.29, 1.82) is 0 Å². The van der Waals surface area contributed by atoms with Crippen LogP contribution >= 0.6 is 0 Å². The van der Waals surface area contributed by atoms with Crippen molar-refractivity contribution in [3.63, 3.8) is 0 Å². The second-order valence-electron chi connectivity index (χ2n) is 6.71. The Kier molecular flexibility index (Phi) is 4.82. The maximum absolute atomic E-state index is 11.4. The summed E-state index contributed by atoms with van der Waals surface area (Å²) in [4.78, 5) is 11.4. The Bertz CT molecular complexity index is 208. The number of rotatable bonds is 3. The SMILES string of the molecule is CNC(=O)CC(CC(C)(C)C)C(C)(C)C. The van der Waals surface area contributed by atoms with Crippen molar-refractivity contribution in [1.82, 2.24) is 5.32 Å². The minimum absolute atomic E-state index is 0.152. The number of nitrogens with one attached hydrogen (secondary N) is 1. The molecule has 0 rings (SSSR count). The van der Waals surface area contributed by atoms with Gasteiger partial charge in [0, 0.05) is 13.5 Å². The molecule has 0 spiro atoms. The van der Waals surface area contributed by atoms with Gasteiger partial charge in [-0.15, -0.1) is 0 Å². The summed E-state index contributed by atoms with van der Waals surface area (Å²) >= 11 is 0. The smallest absolute Gasteiger partial charge is 0.220 e. The van der Waals surface area contributed by atoms with Crippen LogP contribution in [0.3, 0.4) is 0 Å². The zero-order chi connectivity index (χ0) is 12.3. The Morgan fingerprint density at radius 2 is 1.60 bits per heavy atom. The summed E-state index contributed by atoms with van der Waals surface area (Å²) in [7, 11) is 1.71. The van der Waals surface area contributed by atoms with E-state index in [1.165, 1.54) is 0 Å². The van der Waals surface area contributed by atoms with Crippen LogP contribution in [0.15, 0.2) is 0 Å². The minimum Gasteiger partial charge on any atom is -0.359 e. The van der Waals surface area contributed by atoms with E-state index >= 15 is 0 Å². The number of amides is 1. The van der Waals surface area contributed by atoms with Gasteiger partial charge in [0.25, 0.3) is 0 Å². The molecule has 1 atom stereocenters. The fourth-order valence-corrected chi connectivity index (χ4v) is 1.75. The van der Waals surface area contributed by atoms with E-state index in [-0.39, 0.29) is 16.7 Å². The monoisotopic (exact) mass is 213 g/mol. The largest absolute Gasteiger partial charge is 0.359 e. The summed E-state index contributed by atoms with van der Waals surface area (Å²) in [6, 6.07) is 0. The van der Waals surface area contributed by atoms with Crippen LogP contribution in [0.25, 0.3) is 0 Å². The molecule has 0 heterocycles. The second-order valence-corrected chi connectivity index (χ2v) is 6.71. The van der Waals surface area contributed by atoms with E-state index in [1.54, 1.807) is 7.05 Å². The van der Waals surface area contributed by atoms with E-state index in [2.05, 4.69) is 46.9 Å². The van der Waals surface area contributed by atoms with Crippen LogP contribution in [0, 0.1) is 16.7 Å². The molecule has 90 valence electrons. The van der Waals surface area contributed by atoms with Crippen LogP contribution in [-0.4, -0.2) is 13.0 Å². The Labute approximate surface area is 94.8 Å². The second kappa shape index (κ2) is 5.00. The van der Waals surface area contributed by atoms with Gasteiger partial charge in [-0.3, -0.25) is 4.79 Å². The first kappa shape index (κ1) is 14.5. The van der Waals surface area contributed by atoms with E-state index in [0.717, 1.165) is 6.42 Å². The summed E-state index contributed by atoms with van der Waals surface area (Å²) in [5, 5.41) is 2.71. The Balaban J connectivity index is 4.54. The molecule has 0 saturated carbocycles. The fraction of sp³-hybridized carbons (Fsp3) is 0.923. The third-order valence-corrected chi connectivity index (χ3v) is 2.79. The van der Waals surface area contributed by atoms with Crippen molar-refractivity contribution in [2.24, 2.45) is 16.7 Å². The first-order valence-electron chi connectivity index (χ1n) is 5.77. The molecule has 0 aliphatic heterocycles. The zero-order valence-corrected chi connectivity index (χ0v) is 11.4. The van der Waals surface area contributed by atoms with E-state index in [1.807, 2.05) is 0 Å². The molecule has 0 aliphatic rings. The molecule has 0 bridgehead atoms. The fourth-order valence-electron chi connectivity index (χ4n) is 1.75. The standard InChI is InChI=1S/C13H27NO/c1-12(2,3)9-10(13(4,5)6)8-11(15)14-7/h10H,8-9H2,1-7H3,(H,14,15). The van der Waals surface area contributed by atoms with Gasteiger partial charge in [-0.05, 0) is 23.2 Å². The molecule has 1 amide bonds. The molecule has 0 aromatic heterocycles. The molecule has 0 aromatic rings. The van der Waals surface area contributed by atoms with Gasteiger partial charge in [-0.25, -0.2) is 0 Å². The Hall–Kier alpha value is -0.530. The van der Waals surface area contributed by atoms with E-state index < -0.39 is 0 Å². The number of hydrogen-bond donors (Lipinski definition) is 1. The predicted octanol–water partition coefficient (Wildman–Crippen LogP) is 3.22. The summed E-state index contributed by atoms with van der Waals surface area (Å²) in [6.45, 7) is 13.3. The quantitative estimate of drug-likeness (QED) is 0.766. The third-order valence-electron chi connectivity index (χ3n) is 2.79. The van der Waals surface area contributed by atoms with Gasteiger partial charge >= 0.3 is 0 Å². The molecule has 0 radical (unpaired) electrons. The molecule has 0 fully saturated rings. The molecule has 0 aromatic carbocycles. The summed E-state index contributed by atoms with van der Waals surface area (Å²) in [6.07, 6.45) is 1.72. The molecular weight excluding hydrogens is 186 g/mol. The Morgan fingerprint density at radius 1 is 1.13 bits per heavy atom. The van der Waals surface area contributed by atoms with Crippen LogP contribution in [0.4, 0.5) is 0 Å². The molecule has 2 heteroatoms. The van der Waals surface area contributed by atoms with Crippen molar-refractivity contribution < 1.29 is 4.79 Å². The minimum atomic E-state index is 0.152. The van der Waals surface area contributed by atoms with Gasteiger partial charge < -0.3 is 5.32 Å². The van der Waals surface area contributed by atoms with Gasteiger partial charge in [-0.2, -0.15) is 0 Å². The van der Waals surface area contributed by atoms with Gasteiger partial charge in [0.2, 0.25) is 5.91 Å². The molecule has 2 nitrogen and oxygen atoms in total. The van der Waals surface area contributed by atoms with Crippen LogP contribution in [0.2, 0.25) is 0 Å². The van der Waals surface area contributed by atoms with E-state index in [9.17, 15) is 4.79 Å². The highest BCUT2D eigenvalue weighted by molar-refractivity contribution is 5.75. The summed E-state index contributed by atoms with van der Waals surface area (Å²) < 4.78 is 0. The van der Waals surface area contributed by atoms with Gasteiger partial charge in [0.1, 0.15) is 0 Å². The number of carbonyl (C=O) groups excluding carboxylic acids is 1. The van der Waals surface area contributed by atoms with E-state index in [4.69, 9.17) is 0 Å². The van der Waals surface area contributed by atoms with Crippen LogP contribution in [-0.2, 0) is 4.79 Å². The lowest BCUT2D eigenvalue weighted by Crippen LogP contribution is -2.31. The lowest BCUT2D eigenvalue weighted by atomic mass is 9.70. The summed E-state index contributed by atoms with van der Waals surface area (Å²) in [5.41, 5.74) is 0.478. The van der Waals surface area contributed by atoms with Crippen LogP contribution in [0.1, 0.15) is 54.4 Å². The highest BCUT2D eigenvalue weighted by atomic mass is 16.1. The maximum Gasteiger partial charge on any atom is 0.220 e. The highest BCUT2D eigenvalue weighted by Gasteiger charge is 2.30. The average molecular weight is 213 g/mol. The van der Waals surface area contributed by atoms with Crippen molar-refractivity contribution in [3.8, 4) is 0 Å². The molecule has 15 heavy (non-hydrogen) atoms. The number of carbonyl (C=O) groups is 1. The van der Waals surface area contributed by atoms with Gasteiger partial charge in [0.15, 0.2) is 0 Å². The molecule has 0 aliphatic carbocycles. The Morgan fingerprint density at radius 3 is 1.87 bits per heavy atom. The molecular formula is C13H27NO. The molecule has 0 saturated heterocycles. The zero-order valence-electron chi connectivity index (χ0n) is 11.4. The average Bonchev–Trinajstić information content (AvgIpc) is 1.98. The van der Waals surface area contributed by atoms with Gasteiger partial charge in [-0.1, -0.05) is 41.5 Å². The van der Waals surface area contributed by atoms with Gasteiger partial charge in [0.05, 0.1) is 0 Å². The van der Waals surface area contributed by atoms with E-state index in [0.29, 0.717) is 12.3 Å². The summed E-state index contributed by atoms with van der Waals surface area (Å²) in [5.74, 6) is 0.594. The van der Waals surface area contributed by atoms with Crippen molar-refractivity contribution in [3.05, 3.63) is 0 Å². The van der Waals surface area contributed by atoms with Crippen molar-refractivity contribution in [2.45, 2.75) is 54.4 Å². The van der Waals surface area contributed by atoms with Crippen molar-refractivity contribution in [2.75, 3.05) is 7.05 Å². The van der Waals surface area contributed by atoms with Crippen LogP contribution in [0.5, 0.6) is 0 Å². The lowest BCUT2D eigenvalue weighted by molar-refractivity contribution is -0.122. The first-order chi connectivity index (χ1) is 6.56. The normalized spacial score (nSPS) is 14.9. The number of hydrogen-bond acceptors (Lipinski definition) is 1. The highest BCUT2D eigenvalue weighted by Crippen LogP contribution is 2.37. The van der Waals surface area contributed by atoms with Crippen LogP contribution < -0.4 is 5.32 Å². The lowest BCUT2D eigenvalue weighted by Gasteiger charge is -2.35. The van der Waals surface area contributed by atoms with Crippen molar-refractivity contribution >= 4 is 5.91 Å². The predicted molar refractivity (Wildman–Crippen MR) is 65.7 cm³/mol. The first-order valence-corrected chi connectivity index (χ1v) is 5.77. The topological polar surface area (TPSA) is 29.1 Å².